The Kier molecular flexibility index (Phi) is 9.16. The fourth-order valence-corrected chi connectivity index (χ4v) is 6.59. The molecule has 3 heterocycles. The highest BCUT2D eigenvalue weighted by molar-refractivity contribution is 5.85. The highest BCUT2D eigenvalue weighted by Gasteiger charge is 2.42. The third-order valence-corrected chi connectivity index (χ3v) is 8.36. The molecule has 2 saturated carbocycles. The van der Waals surface area contributed by atoms with E-state index in [1.165, 1.54) is 12.8 Å². The quantitative estimate of drug-likeness (QED) is 0.518. The summed E-state index contributed by atoms with van der Waals surface area (Å²) in [4.78, 5) is 27.2. The van der Waals surface area contributed by atoms with Crippen LogP contribution in [-0.2, 0) is 9.59 Å². The zero-order chi connectivity index (χ0) is 22.2. The minimum absolute atomic E-state index is 0. The summed E-state index contributed by atoms with van der Waals surface area (Å²) in [5, 5.41) is 35.6. The Bertz CT molecular complexity index is 851. The number of fused-ring (bicyclic) bond motifs is 1. The third-order valence-electron chi connectivity index (χ3n) is 8.36. The number of aliphatic carboxylic acids is 2. The maximum Gasteiger partial charge on any atom is 0.321 e. The van der Waals surface area contributed by atoms with Gasteiger partial charge < -0.3 is 15.5 Å². The van der Waals surface area contributed by atoms with Gasteiger partial charge in [-0.1, -0.05) is 12.8 Å². The molecule has 3 N–H and O–H groups in total. The number of aromatic nitrogens is 4. The lowest BCUT2D eigenvalue weighted by Gasteiger charge is -2.42. The summed E-state index contributed by atoms with van der Waals surface area (Å²) in [6.07, 6.45) is 8.96. The van der Waals surface area contributed by atoms with E-state index < -0.39 is 24.0 Å². The lowest BCUT2D eigenvalue weighted by Crippen LogP contribution is -2.50. The molecule has 0 aromatic carbocycles. The Labute approximate surface area is 212 Å². The number of carboxylic acids is 2. The minimum Gasteiger partial charge on any atom is -0.480 e. The number of hydrogen-bond acceptors (Lipinski definition) is 7. The fourth-order valence-electron chi connectivity index (χ4n) is 6.59. The van der Waals surface area contributed by atoms with E-state index in [9.17, 15) is 19.8 Å². The number of carboxylic acid groups (broad SMARTS) is 2. The van der Waals surface area contributed by atoms with Gasteiger partial charge in [0.2, 0.25) is 0 Å². The van der Waals surface area contributed by atoms with Crippen molar-refractivity contribution in [1.82, 2.24) is 30.4 Å². The lowest BCUT2D eigenvalue weighted by atomic mass is 9.69. The van der Waals surface area contributed by atoms with Crippen molar-refractivity contribution in [2.45, 2.75) is 81.8 Å². The van der Waals surface area contributed by atoms with Gasteiger partial charge in [0.1, 0.15) is 12.1 Å². The van der Waals surface area contributed by atoms with Crippen LogP contribution in [-0.4, -0.2) is 79.0 Å². The van der Waals surface area contributed by atoms with E-state index >= 15 is 0 Å². The largest absolute Gasteiger partial charge is 0.480 e. The van der Waals surface area contributed by atoms with Crippen LogP contribution in [0.5, 0.6) is 0 Å². The molecule has 0 spiro atoms. The van der Waals surface area contributed by atoms with Crippen LogP contribution in [0.3, 0.4) is 0 Å². The van der Waals surface area contributed by atoms with Crippen LogP contribution in [0.1, 0.15) is 75.6 Å². The first-order chi connectivity index (χ1) is 15.5. The molecule has 10 nitrogen and oxygen atoms in total. The van der Waals surface area contributed by atoms with E-state index in [1.54, 1.807) is 4.80 Å². The molecule has 2 aliphatic carbocycles. The smallest absolute Gasteiger partial charge is 0.321 e. The second-order valence-electron chi connectivity index (χ2n) is 10.4. The normalized spacial score (nSPS) is 34.1. The van der Waals surface area contributed by atoms with E-state index in [2.05, 4.69) is 25.6 Å². The molecule has 0 bridgehead atoms. The summed E-state index contributed by atoms with van der Waals surface area (Å²) in [6.45, 7) is 2.15. The molecule has 2 aliphatic heterocycles. The first-order valence-corrected chi connectivity index (χ1v) is 12.2. The Hall–Kier alpha value is -1.49. The van der Waals surface area contributed by atoms with E-state index in [4.69, 9.17) is 0 Å². The molecule has 1 aromatic heterocycles. The number of halogens is 2. The van der Waals surface area contributed by atoms with Crippen LogP contribution >= 0.6 is 24.8 Å². The summed E-state index contributed by atoms with van der Waals surface area (Å²) in [6, 6.07) is -1.05. The van der Waals surface area contributed by atoms with Crippen molar-refractivity contribution < 1.29 is 19.8 Å². The molecule has 4 aliphatic rings. The Morgan fingerprint density at radius 3 is 2.44 bits per heavy atom. The average Bonchev–Trinajstić information content (AvgIpc) is 3.52. The zero-order valence-corrected chi connectivity index (χ0v) is 20.9. The van der Waals surface area contributed by atoms with E-state index in [0.717, 1.165) is 51.0 Å². The number of rotatable bonds is 6. The maximum absolute atomic E-state index is 12.0. The number of hydrogen-bond donors (Lipinski definition) is 3. The van der Waals surface area contributed by atoms with Crippen molar-refractivity contribution in [2.24, 2.45) is 17.8 Å². The Morgan fingerprint density at radius 2 is 1.74 bits per heavy atom. The minimum atomic E-state index is -0.787. The lowest BCUT2D eigenvalue weighted by molar-refractivity contribution is -0.143. The van der Waals surface area contributed by atoms with Crippen molar-refractivity contribution in [3.63, 3.8) is 0 Å². The summed E-state index contributed by atoms with van der Waals surface area (Å²) < 4.78 is 0. The molecule has 192 valence electrons. The summed E-state index contributed by atoms with van der Waals surface area (Å²) in [5.41, 5.74) is 0. The van der Waals surface area contributed by atoms with E-state index in [0.29, 0.717) is 43.1 Å². The van der Waals surface area contributed by atoms with Crippen molar-refractivity contribution in [1.29, 1.82) is 0 Å². The zero-order valence-electron chi connectivity index (χ0n) is 19.3. The topological polar surface area (TPSA) is 133 Å². The molecule has 12 heteroatoms. The molecule has 6 atom stereocenters. The highest BCUT2D eigenvalue weighted by atomic mass is 35.5. The van der Waals surface area contributed by atoms with Gasteiger partial charge in [-0.3, -0.25) is 14.5 Å². The Balaban J connectivity index is 0.00000162. The predicted octanol–water partition coefficient (Wildman–Crippen LogP) is 2.35. The summed E-state index contributed by atoms with van der Waals surface area (Å²) in [5.74, 6) is 1.00. The second kappa shape index (κ2) is 11.5. The Morgan fingerprint density at radius 1 is 0.971 bits per heavy atom. The van der Waals surface area contributed by atoms with Crippen LogP contribution < -0.4 is 5.32 Å². The van der Waals surface area contributed by atoms with Gasteiger partial charge in [0, 0.05) is 19.0 Å². The SMILES string of the molecule is Cl.Cl.O=C(O)C1CC2CC(CN3C[C@@H](n4nnc(C5CCCC5)n4)C[C@H]3C(=O)O)CC[C@H]2CN1. The van der Waals surface area contributed by atoms with Gasteiger partial charge in [0.15, 0.2) is 5.82 Å². The van der Waals surface area contributed by atoms with Gasteiger partial charge in [0.25, 0.3) is 0 Å². The van der Waals surface area contributed by atoms with Gasteiger partial charge in [0.05, 0.1) is 6.04 Å². The maximum atomic E-state index is 12.0. The third kappa shape index (κ3) is 5.66. The number of nitrogens with one attached hydrogen (secondary N) is 1. The van der Waals surface area contributed by atoms with Gasteiger partial charge >= 0.3 is 11.9 Å². The molecule has 0 radical (unpaired) electrons. The van der Waals surface area contributed by atoms with Gasteiger partial charge in [-0.25, -0.2) is 0 Å². The standard InChI is InChI=1S/C22H34N6O4.2ClH/c29-21(30)18-8-16-7-13(5-6-15(16)10-23-18)11-27-12-17(9-19(27)22(31)32)28-25-20(24-26-28)14-3-1-2-4-14;;/h13-19,23H,1-12H2,(H,29,30)(H,31,32);2*1H/t13?,15-,16?,17-,18?,19-;;/m0../s1. The first kappa shape index (κ1) is 27.1. The predicted molar refractivity (Wildman–Crippen MR) is 129 cm³/mol. The highest BCUT2D eigenvalue weighted by Crippen LogP contribution is 2.40. The molecule has 5 rings (SSSR count). The van der Waals surface area contributed by atoms with Crippen molar-refractivity contribution in [3.8, 4) is 0 Å². The van der Waals surface area contributed by atoms with Crippen LogP contribution in [0.15, 0.2) is 0 Å². The van der Waals surface area contributed by atoms with Gasteiger partial charge in [-0.15, -0.1) is 35.0 Å². The summed E-state index contributed by atoms with van der Waals surface area (Å²) in [7, 11) is 0. The molecule has 34 heavy (non-hydrogen) atoms. The fraction of sp³-hybridized carbons (Fsp3) is 0.864. The number of tetrazole rings is 1. The number of piperidine rings is 1. The van der Waals surface area contributed by atoms with Crippen molar-refractivity contribution >= 4 is 36.8 Å². The van der Waals surface area contributed by atoms with Gasteiger partial charge in [-0.2, -0.15) is 4.80 Å². The van der Waals surface area contributed by atoms with Crippen LogP contribution in [0.25, 0.3) is 0 Å². The molecule has 1 aromatic rings. The molecular formula is C22H36Cl2N6O4. The molecule has 2 saturated heterocycles. The number of carbonyl (C=O) groups is 2. The molecule has 0 amide bonds. The monoisotopic (exact) mass is 518 g/mol. The molecular weight excluding hydrogens is 483 g/mol. The number of likely N-dealkylation sites (tertiary alicyclic amines) is 1. The van der Waals surface area contributed by atoms with Crippen molar-refractivity contribution in [2.75, 3.05) is 19.6 Å². The van der Waals surface area contributed by atoms with Crippen LogP contribution in [0.4, 0.5) is 0 Å². The molecule has 3 unspecified atom stereocenters. The van der Waals surface area contributed by atoms with E-state index in [1.807, 2.05) is 0 Å². The van der Waals surface area contributed by atoms with E-state index in [-0.39, 0.29) is 30.9 Å². The van der Waals surface area contributed by atoms with Crippen LogP contribution in [0, 0.1) is 17.8 Å². The van der Waals surface area contributed by atoms with Gasteiger partial charge in [-0.05, 0) is 74.5 Å². The average molecular weight is 519 g/mol. The van der Waals surface area contributed by atoms with Crippen LogP contribution in [0.2, 0.25) is 0 Å². The summed E-state index contributed by atoms with van der Waals surface area (Å²) >= 11 is 0. The molecule has 4 fully saturated rings. The second-order valence-corrected chi connectivity index (χ2v) is 10.4. The number of nitrogens with zero attached hydrogens (tertiary/aromatic N) is 5. The van der Waals surface area contributed by atoms with Crippen molar-refractivity contribution in [3.05, 3.63) is 5.82 Å². The first-order valence-electron chi connectivity index (χ1n) is 12.2.